The second-order valence-electron chi connectivity index (χ2n) is 6.78. The zero-order valence-corrected chi connectivity index (χ0v) is 19.2. The van der Waals surface area contributed by atoms with Crippen LogP contribution in [0.1, 0.15) is 39.1 Å². The number of nitrogens with zero attached hydrogens (tertiary/aromatic N) is 2. The van der Waals surface area contributed by atoms with Crippen molar-refractivity contribution in [1.82, 2.24) is 15.5 Å². The predicted molar refractivity (Wildman–Crippen MR) is 126 cm³/mol. The van der Waals surface area contributed by atoms with E-state index in [9.17, 15) is 14.0 Å². The highest BCUT2D eigenvalue weighted by atomic mass is 127. The van der Waals surface area contributed by atoms with E-state index >= 15 is 0 Å². The van der Waals surface area contributed by atoms with E-state index in [1.54, 1.807) is 43.4 Å². The summed E-state index contributed by atoms with van der Waals surface area (Å²) in [6.45, 7) is 1.62. The maximum absolute atomic E-state index is 13.6. The van der Waals surface area contributed by atoms with E-state index in [0.717, 1.165) is 6.42 Å². The first kappa shape index (κ1) is 23.8. The van der Waals surface area contributed by atoms with Crippen molar-refractivity contribution >= 4 is 41.8 Å². The van der Waals surface area contributed by atoms with Gasteiger partial charge in [-0.05, 0) is 43.0 Å². The van der Waals surface area contributed by atoms with Crippen LogP contribution in [0.2, 0.25) is 0 Å². The van der Waals surface area contributed by atoms with Crippen molar-refractivity contribution in [2.75, 3.05) is 26.7 Å². The molecule has 2 amide bonds. The molecule has 2 N–H and O–H groups in total. The lowest BCUT2D eigenvalue weighted by Crippen LogP contribution is -2.39. The van der Waals surface area contributed by atoms with Crippen LogP contribution in [0, 0.1) is 5.82 Å². The number of hydrogen-bond donors (Lipinski definition) is 2. The Balaban J connectivity index is 0.00000320. The molecule has 0 bridgehead atoms. The number of benzene rings is 2. The molecule has 6 nitrogen and oxygen atoms in total. The molecule has 0 radical (unpaired) electrons. The van der Waals surface area contributed by atoms with Gasteiger partial charge in [-0.2, -0.15) is 0 Å². The fraction of sp³-hybridized carbons (Fsp3) is 0.318. The Hall–Kier alpha value is -2.49. The molecular weight excluding hydrogens is 498 g/mol. The number of unbranched alkanes of at least 4 members (excludes halogenated alkanes) is 1. The van der Waals surface area contributed by atoms with Gasteiger partial charge in [-0.3, -0.25) is 19.5 Å². The number of hydrogen-bond acceptors (Lipinski definition) is 3. The number of amides is 2. The number of carbonyl (C=O) groups excluding carboxylic acids is 2. The first-order valence-corrected chi connectivity index (χ1v) is 9.75. The molecule has 0 spiro atoms. The smallest absolute Gasteiger partial charge is 0.261 e. The van der Waals surface area contributed by atoms with Gasteiger partial charge in [-0.15, -0.1) is 24.0 Å². The SMILES string of the molecule is CN=C(NCCCCN1C(=O)c2ccccc2C1=O)NCCc1ccccc1F.I. The van der Waals surface area contributed by atoms with Crippen LogP contribution in [-0.2, 0) is 6.42 Å². The normalized spacial score (nSPS) is 13.1. The average Bonchev–Trinajstić information content (AvgIpc) is 2.98. The van der Waals surface area contributed by atoms with Crippen LogP contribution in [0.5, 0.6) is 0 Å². The lowest BCUT2D eigenvalue weighted by Gasteiger charge is -2.15. The summed E-state index contributed by atoms with van der Waals surface area (Å²) < 4.78 is 13.6. The number of guanidine groups is 1. The monoisotopic (exact) mass is 524 g/mol. The third-order valence-electron chi connectivity index (χ3n) is 4.85. The predicted octanol–water partition coefficient (Wildman–Crippen LogP) is 3.23. The van der Waals surface area contributed by atoms with Crippen LogP contribution in [0.3, 0.4) is 0 Å². The molecule has 30 heavy (non-hydrogen) atoms. The quantitative estimate of drug-likeness (QED) is 0.183. The molecule has 1 aliphatic heterocycles. The van der Waals surface area contributed by atoms with E-state index in [0.29, 0.717) is 55.1 Å². The third-order valence-corrected chi connectivity index (χ3v) is 4.85. The number of halogens is 2. The number of rotatable bonds is 8. The minimum absolute atomic E-state index is 0. The molecule has 1 aliphatic rings. The van der Waals surface area contributed by atoms with Crippen LogP contribution in [0.4, 0.5) is 4.39 Å². The Labute approximate surface area is 193 Å². The molecule has 3 rings (SSSR count). The van der Waals surface area contributed by atoms with Gasteiger partial charge >= 0.3 is 0 Å². The zero-order chi connectivity index (χ0) is 20.6. The summed E-state index contributed by atoms with van der Waals surface area (Å²) in [5.41, 5.74) is 1.63. The van der Waals surface area contributed by atoms with Crippen LogP contribution in [0.15, 0.2) is 53.5 Å². The van der Waals surface area contributed by atoms with Gasteiger partial charge in [0.25, 0.3) is 11.8 Å². The standard InChI is InChI=1S/C22H25FN4O2.HI/c1-24-22(26-14-12-16-8-2-5-11-19(16)23)25-13-6-7-15-27-20(28)17-9-3-4-10-18(17)21(27)29;/h2-5,8-11H,6-7,12-15H2,1H3,(H2,24,25,26);1H. The minimum Gasteiger partial charge on any atom is -0.356 e. The summed E-state index contributed by atoms with van der Waals surface area (Å²) in [5.74, 6) is 0.000772. The van der Waals surface area contributed by atoms with Crippen molar-refractivity contribution in [3.8, 4) is 0 Å². The van der Waals surface area contributed by atoms with E-state index in [2.05, 4.69) is 15.6 Å². The number of aliphatic imine (C=N–C) groups is 1. The van der Waals surface area contributed by atoms with Crippen molar-refractivity contribution in [2.24, 2.45) is 4.99 Å². The summed E-state index contributed by atoms with van der Waals surface area (Å²) in [5, 5.41) is 6.35. The van der Waals surface area contributed by atoms with Crippen molar-refractivity contribution in [3.05, 3.63) is 71.0 Å². The molecule has 0 saturated heterocycles. The number of imide groups is 1. The Morgan fingerprint density at radius 3 is 2.17 bits per heavy atom. The summed E-state index contributed by atoms with van der Waals surface area (Å²) in [6, 6.07) is 13.6. The maximum atomic E-state index is 13.6. The van der Waals surface area contributed by atoms with Gasteiger partial charge < -0.3 is 10.6 Å². The number of carbonyl (C=O) groups is 2. The van der Waals surface area contributed by atoms with Crippen LogP contribution >= 0.6 is 24.0 Å². The third kappa shape index (κ3) is 5.78. The van der Waals surface area contributed by atoms with Crippen LogP contribution in [-0.4, -0.2) is 49.4 Å². The second-order valence-corrected chi connectivity index (χ2v) is 6.78. The highest BCUT2D eigenvalue weighted by Crippen LogP contribution is 2.22. The molecule has 160 valence electrons. The Morgan fingerprint density at radius 1 is 0.933 bits per heavy atom. The zero-order valence-electron chi connectivity index (χ0n) is 16.9. The number of nitrogens with one attached hydrogen (secondary N) is 2. The number of fused-ring (bicyclic) bond motifs is 1. The molecule has 0 aliphatic carbocycles. The molecule has 2 aromatic rings. The average molecular weight is 524 g/mol. The Morgan fingerprint density at radius 2 is 1.53 bits per heavy atom. The van der Waals surface area contributed by atoms with E-state index in [4.69, 9.17) is 0 Å². The van der Waals surface area contributed by atoms with Gasteiger partial charge in [0, 0.05) is 26.7 Å². The molecule has 0 atom stereocenters. The largest absolute Gasteiger partial charge is 0.356 e. The Kier molecular flexibility index (Phi) is 9.22. The van der Waals surface area contributed by atoms with E-state index in [1.807, 2.05) is 6.07 Å². The maximum Gasteiger partial charge on any atom is 0.261 e. The van der Waals surface area contributed by atoms with Crippen molar-refractivity contribution in [3.63, 3.8) is 0 Å². The van der Waals surface area contributed by atoms with Crippen molar-refractivity contribution in [1.29, 1.82) is 0 Å². The first-order chi connectivity index (χ1) is 14.1. The summed E-state index contributed by atoms with van der Waals surface area (Å²) in [4.78, 5) is 30.1. The summed E-state index contributed by atoms with van der Waals surface area (Å²) in [7, 11) is 1.68. The highest BCUT2D eigenvalue weighted by Gasteiger charge is 2.34. The highest BCUT2D eigenvalue weighted by molar-refractivity contribution is 14.0. The van der Waals surface area contributed by atoms with Crippen molar-refractivity contribution in [2.45, 2.75) is 19.3 Å². The first-order valence-electron chi connectivity index (χ1n) is 9.75. The van der Waals surface area contributed by atoms with Gasteiger partial charge in [-0.25, -0.2) is 4.39 Å². The summed E-state index contributed by atoms with van der Waals surface area (Å²) in [6.07, 6.45) is 2.04. The van der Waals surface area contributed by atoms with Gasteiger partial charge in [-0.1, -0.05) is 30.3 Å². The van der Waals surface area contributed by atoms with Gasteiger partial charge in [0.2, 0.25) is 0 Å². The van der Waals surface area contributed by atoms with Gasteiger partial charge in [0.05, 0.1) is 11.1 Å². The lowest BCUT2D eigenvalue weighted by atomic mass is 10.1. The fourth-order valence-corrected chi connectivity index (χ4v) is 3.28. The van der Waals surface area contributed by atoms with E-state index in [-0.39, 0.29) is 41.6 Å². The fourth-order valence-electron chi connectivity index (χ4n) is 3.28. The minimum atomic E-state index is -0.218. The molecule has 8 heteroatoms. The summed E-state index contributed by atoms with van der Waals surface area (Å²) >= 11 is 0. The van der Waals surface area contributed by atoms with Crippen LogP contribution in [0.25, 0.3) is 0 Å². The molecule has 0 aromatic heterocycles. The molecule has 0 fully saturated rings. The lowest BCUT2D eigenvalue weighted by molar-refractivity contribution is 0.0652. The van der Waals surface area contributed by atoms with Crippen molar-refractivity contribution < 1.29 is 14.0 Å². The molecule has 0 unspecified atom stereocenters. The van der Waals surface area contributed by atoms with E-state index < -0.39 is 0 Å². The molecule has 1 heterocycles. The van der Waals surface area contributed by atoms with Gasteiger partial charge in [0.15, 0.2) is 5.96 Å². The second kappa shape index (κ2) is 11.6. The Bertz CT molecular complexity index is 885. The molecular formula is C22H26FIN4O2. The van der Waals surface area contributed by atoms with E-state index in [1.165, 1.54) is 11.0 Å². The molecule has 2 aromatic carbocycles. The molecule has 0 saturated carbocycles. The van der Waals surface area contributed by atoms with Gasteiger partial charge in [0.1, 0.15) is 5.82 Å². The topological polar surface area (TPSA) is 73.8 Å². The van der Waals surface area contributed by atoms with Crippen LogP contribution < -0.4 is 10.6 Å².